The molecule has 0 amide bonds. The lowest BCUT2D eigenvalue weighted by atomic mass is 10.1. The van der Waals surface area contributed by atoms with Gasteiger partial charge < -0.3 is 4.74 Å². The number of sulfonamides is 1. The zero-order valence-corrected chi connectivity index (χ0v) is 11.9. The third kappa shape index (κ3) is 2.96. The predicted molar refractivity (Wildman–Crippen MR) is 69.9 cm³/mol. The van der Waals surface area contributed by atoms with Gasteiger partial charge in [0.05, 0.1) is 11.0 Å². The Morgan fingerprint density at radius 1 is 1.32 bits per heavy atom. The van der Waals surface area contributed by atoms with Crippen molar-refractivity contribution in [3.05, 3.63) is 29.6 Å². The molecular formula is C13H18FNO3S. The third-order valence-electron chi connectivity index (χ3n) is 3.50. The van der Waals surface area contributed by atoms with Gasteiger partial charge in [0.2, 0.25) is 10.0 Å². The van der Waals surface area contributed by atoms with Crippen molar-refractivity contribution in [2.24, 2.45) is 0 Å². The molecule has 0 N–H and O–H groups in total. The van der Waals surface area contributed by atoms with Crippen molar-refractivity contribution >= 4 is 10.0 Å². The number of nitrogens with zero attached hydrogens (tertiary/aromatic N) is 1. The fourth-order valence-corrected chi connectivity index (χ4v) is 3.79. The molecule has 0 saturated carbocycles. The predicted octanol–water partition coefficient (Wildman–Crippen LogP) is 1.93. The maximum atomic E-state index is 13.2. The lowest BCUT2D eigenvalue weighted by molar-refractivity contribution is 0.0604. The first kappa shape index (κ1) is 14.4. The highest BCUT2D eigenvalue weighted by atomic mass is 32.2. The van der Waals surface area contributed by atoms with Crippen LogP contribution in [0.1, 0.15) is 18.4 Å². The molecule has 0 atom stereocenters. The quantitative estimate of drug-likeness (QED) is 0.853. The van der Waals surface area contributed by atoms with E-state index in [0.29, 0.717) is 31.5 Å². The van der Waals surface area contributed by atoms with Gasteiger partial charge in [0.25, 0.3) is 0 Å². The maximum absolute atomic E-state index is 13.2. The topological polar surface area (TPSA) is 46.6 Å². The van der Waals surface area contributed by atoms with Gasteiger partial charge in [0.1, 0.15) is 5.82 Å². The van der Waals surface area contributed by atoms with Crippen LogP contribution in [-0.2, 0) is 14.8 Å². The molecule has 0 spiro atoms. The summed E-state index contributed by atoms with van der Waals surface area (Å²) >= 11 is 0. The second-order valence-electron chi connectivity index (χ2n) is 4.75. The largest absolute Gasteiger partial charge is 0.381 e. The lowest BCUT2D eigenvalue weighted by Gasteiger charge is -2.30. The Morgan fingerprint density at radius 3 is 2.47 bits per heavy atom. The van der Waals surface area contributed by atoms with Crippen molar-refractivity contribution in [3.63, 3.8) is 0 Å². The first-order valence-corrected chi connectivity index (χ1v) is 7.68. The maximum Gasteiger partial charge on any atom is 0.243 e. The molecule has 1 fully saturated rings. The molecule has 0 aromatic heterocycles. The molecule has 1 saturated heterocycles. The number of piperidine rings is 1. The number of ether oxygens (including phenoxy) is 1. The highest BCUT2D eigenvalue weighted by Crippen LogP contribution is 2.23. The Morgan fingerprint density at radius 2 is 1.95 bits per heavy atom. The number of hydrogen-bond donors (Lipinski definition) is 0. The summed E-state index contributed by atoms with van der Waals surface area (Å²) in [6, 6.07) is 3.90. The van der Waals surface area contributed by atoms with Crippen molar-refractivity contribution in [3.8, 4) is 0 Å². The SMILES string of the molecule is COC1CCN(S(=O)(=O)c2ccc(F)c(C)c2)CC1. The average molecular weight is 287 g/mol. The van der Waals surface area contributed by atoms with Crippen molar-refractivity contribution in [1.82, 2.24) is 4.31 Å². The molecule has 1 aromatic carbocycles. The van der Waals surface area contributed by atoms with Gasteiger partial charge in [-0.1, -0.05) is 0 Å². The summed E-state index contributed by atoms with van der Waals surface area (Å²) in [7, 11) is -1.88. The molecule has 106 valence electrons. The van der Waals surface area contributed by atoms with E-state index in [9.17, 15) is 12.8 Å². The molecule has 1 aliphatic rings. The van der Waals surface area contributed by atoms with Crippen LogP contribution >= 0.6 is 0 Å². The van der Waals surface area contributed by atoms with Crippen LogP contribution in [0.2, 0.25) is 0 Å². The van der Waals surface area contributed by atoms with Crippen LogP contribution in [0.4, 0.5) is 4.39 Å². The second kappa shape index (κ2) is 5.56. The molecule has 0 radical (unpaired) electrons. The summed E-state index contributed by atoms with van der Waals surface area (Å²) < 4.78 is 44.7. The van der Waals surface area contributed by atoms with Crippen molar-refractivity contribution in [2.45, 2.75) is 30.8 Å². The Hall–Kier alpha value is -0.980. The Kier molecular flexibility index (Phi) is 4.23. The molecule has 1 heterocycles. The molecule has 0 unspecified atom stereocenters. The number of aryl methyl sites for hydroxylation is 1. The second-order valence-corrected chi connectivity index (χ2v) is 6.69. The fourth-order valence-electron chi connectivity index (χ4n) is 2.23. The Balaban J connectivity index is 2.21. The van der Waals surface area contributed by atoms with E-state index in [2.05, 4.69) is 0 Å². The van der Waals surface area contributed by atoms with E-state index in [-0.39, 0.29) is 11.0 Å². The monoisotopic (exact) mass is 287 g/mol. The van der Waals surface area contributed by atoms with Crippen LogP contribution in [0.25, 0.3) is 0 Å². The molecule has 1 aromatic rings. The summed E-state index contributed by atoms with van der Waals surface area (Å²) in [5, 5.41) is 0. The minimum Gasteiger partial charge on any atom is -0.381 e. The van der Waals surface area contributed by atoms with Gasteiger partial charge in [0.15, 0.2) is 0 Å². The minimum absolute atomic E-state index is 0.126. The normalized spacial score (nSPS) is 18.7. The zero-order chi connectivity index (χ0) is 14.0. The van der Waals surface area contributed by atoms with Crippen molar-refractivity contribution < 1.29 is 17.5 Å². The van der Waals surface area contributed by atoms with E-state index in [4.69, 9.17) is 4.74 Å². The first-order valence-electron chi connectivity index (χ1n) is 6.24. The number of halogens is 1. The molecule has 6 heteroatoms. The smallest absolute Gasteiger partial charge is 0.243 e. The summed E-state index contributed by atoms with van der Waals surface area (Å²) in [4.78, 5) is 0.155. The summed E-state index contributed by atoms with van der Waals surface area (Å²) in [5.41, 5.74) is 0.341. The van der Waals surface area contributed by atoms with Gasteiger partial charge in [-0.3, -0.25) is 0 Å². The van der Waals surface area contributed by atoms with Gasteiger partial charge in [-0.2, -0.15) is 4.31 Å². The molecule has 4 nitrogen and oxygen atoms in total. The number of methoxy groups -OCH3 is 1. The van der Waals surface area contributed by atoms with Gasteiger partial charge >= 0.3 is 0 Å². The van der Waals surface area contributed by atoms with E-state index in [1.807, 2.05) is 0 Å². The van der Waals surface area contributed by atoms with Crippen LogP contribution in [-0.4, -0.2) is 39.0 Å². The van der Waals surface area contributed by atoms with Crippen LogP contribution in [0.3, 0.4) is 0 Å². The standard InChI is InChI=1S/C13H18FNO3S/c1-10-9-12(3-4-13(10)14)19(16,17)15-7-5-11(18-2)6-8-15/h3-4,9,11H,5-8H2,1-2H3. The number of benzene rings is 1. The van der Waals surface area contributed by atoms with Crippen LogP contribution in [0.15, 0.2) is 23.1 Å². The first-order chi connectivity index (χ1) is 8.95. The minimum atomic E-state index is -3.52. The fraction of sp³-hybridized carbons (Fsp3) is 0.538. The molecule has 2 rings (SSSR count). The summed E-state index contributed by atoms with van der Waals surface area (Å²) in [6.45, 7) is 2.44. The van der Waals surface area contributed by atoms with E-state index < -0.39 is 15.8 Å². The Bertz CT molecular complexity index is 551. The van der Waals surface area contributed by atoms with E-state index in [1.165, 1.54) is 22.5 Å². The lowest BCUT2D eigenvalue weighted by Crippen LogP contribution is -2.40. The molecule has 0 bridgehead atoms. The Labute approximate surface area is 113 Å². The van der Waals surface area contributed by atoms with Gasteiger partial charge in [0, 0.05) is 20.2 Å². The van der Waals surface area contributed by atoms with Crippen LogP contribution in [0.5, 0.6) is 0 Å². The molecule has 1 aliphatic heterocycles. The highest BCUT2D eigenvalue weighted by molar-refractivity contribution is 7.89. The van der Waals surface area contributed by atoms with Gasteiger partial charge in [-0.05, 0) is 43.5 Å². The molecular weight excluding hydrogens is 269 g/mol. The van der Waals surface area contributed by atoms with E-state index in [0.717, 1.165) is 0 Å². The summed E-state index contributed by atoms with van der Waals surface area (Å²) in [5.74, 6) is -0.392. The highest BCUT2D eigenvalue weighted by Gasteiger charge is 2.29. The van der Waals surface area contributed by atoms with Gasteiger partial charge in [-0.15, -0.1) is 0 Å². The molecule has 19 heavy (non-hydrogen) atoms. The summed E-state index contributed by atoms with van der Waals surface area (Å²) in [6.07, 6.45) is 1.51. The number of hydrogen-bond acceptors (Lipinski definition) is 3. The third-order valence-corrected chi connectivity index (χ3v) is 5.40. The van der Waals surface area contributed by atoms with Crippen LogP contribution < -0.4 is 0 Å². The zero-order valence-electron chi connectivity index (χ0n) is 11.1. The average Bonchev–Trinajstić information content (AvgIpc) is 2.41. The van der Waals surface area contributed by atoms with Crippen molar-refractivity contribution in [1.29, 1.82) is 0 Å². The van der Waals surface area contributed by atoms with E-state index >= 15 is 0 Å². The van der Waals surface area contributed by atoms with Crippen molar-refractivity contribution in [2.75, 3.05) is 20.2 Å². The van der Waals surface area contributed by atoms with Gasteiger partial charge in [-0.25, -0.2) is 12.8 Å². The number of rotatable bonds is 3. The van der Waals surface area contributed by atoms with Crippen LogP contribution in [0, 0.1) is 12.7 Å². The van der Waals surface area contributed by atoms with E-state index in [1.54, 1.807) is 14.0 Å². The molecule has 0 aliphatic carbocycles.